The first-order valence-corrected chi connectivity index (χ1v) is 7.39. The summed E-state index contributed by atoms with van der Waals surface area (Å²) in [6.07, 6.45) is 2.73. The molecule has 6 heteroatoms. The molecule has 1 N–H and O–H groups in total. The lowest BCUT2D eigenvalue weighted by Gasteiger charge is -2.19. The molecule has 0 aromatic carbocycles. The number of urea groups is 1. The summed E-state index contributed by atoms with van der Waals surface area (Å²) >= 11 is 0. The SMILES string of the molecule is CC(C)NC(=O)N1CC[C@@H](c2nc3cccnc3n2C)C1. The number of amides is 2. The largest absolute Gasteiger partial charge is 0.336 e. The summed E-state index contributed by atoms with van der Waals surface area (Å²) in [4.78, 5) is 23.0. The fourth-order valence-corrected chi connectivity index (χ4v) is 2.90. The molecule has 3 heterocycles. The minimum Gasteiger partial charge on any atom is -0.336 e. The molecule has 0 bridgehead atoms. The lowest BCUT2D eigenvalue weighted by Crippen LogP contribution is -2.41. The van der Waals surface area contributed by atoms with Crippen LogP contribution in [0.5, 0.6) is 0 Å². The van der Waals surface area contributed by atoms with Crippen LogP contribution in [0.25, 0.3) is 11.2 Å². The number of carbonyl (C=O) groups excluding carboxylic acids is 1. The minimum absolute atomic E-state index is 0.0180. The Morgan fingerprint density at radius 1 is 1.48 bits per heavy atom. The number of hydrogen-bond donors (Lipinski definition) is 1. The number of nitrogens with one attached hydrogen (secondary N) is 1. The first kappa shape index (κ1) is 13.9. The van der Waals surface area contributed by atoms with E-state index < -0.39 is 0 Å². The number of fused-ring (bicyclic) bond motifs is 1. The summed E-state index contributed by atoms with van der Waals surface area (Å²) in [7, 11) is 1.99. The van der Waals surface area contributed by atoms with Crippen molar-refractivity contribution >= 4 is 17.2 Å². The van der Waals surface area contributed by atoms with Crippen LogP contribution in [0.4, 0.5) is 4.79 Å². The Hall–Kier alpha value is -2.11. The fourth-order valence-electron chi connectivity index (χ4n) is 2.90. The maximum absolute atomic E-state index is 12.1. The molecule has 0 saturated carbocycles. The van der Waals surface area contributed by atoms with Gasteiger partial charge in [-0.25, -0.2) is 14.8 Å². The zero-order valence-corrected chi connectivity index (χ0v) is 12.7. The molecular formula is C15H21N5O. The predicted octanol–water partition coefficient (Wildman–Crippen LogP) is 1.88. The first-order valence-electron chi connectivity index (χ1n) is 7.39. The Balaban J connectivity index is 1.79. The van der Waals surface area contributed by atoms with Crippen molar-refractivity contribution in [3.63, 3.8) is 0 Å². The van der Waals surface area contributed by atoms with E-state index in [-0.39, 0.29) is 18.0 Å². The number of rotatable bonds is 2. The molecule has 1 atom stereocenters. The Morgan fingerprint density at radius 2 is 2.29 bits per heavy atom. The zero-order valence-electron chi connectivity index (χ0n) is 12.7. The second-order valence-corrected chi connectivity index (χ2v) is 5.91. The van der Waals surface area contributed by atoms with Crippen molar-refractivity contribution in [3.05, 3.63) is 24.2 Å². The van der Waals surface area contributed by atoms with Crippen LogP contribution in [0.15, 0.2) is 18.3 Å². The number of aryl methyl sites for hydroxylation is 1. The van der Waals surface area contributed by atoms with Gasteiger partial charge >= 0.3 is 6.03 Å². The molecule has 0 aliphatic carbocycles. The molecule has 21 heavy (non-hydrogen) atoms. The molecule has 0 spiro atoms. The summed E-state index contributed by atoms with van der Waals surface area (Å²) in [6.45, 7) is 5.45. The smallest absolute Gasteiger partial charge is 0.317 e. The van der Waals surface area contributed by atoms with E-state index in [1.165, 1.54) is 0 Å². The summed E-state index contributed by atoms with van der Waals surface area (Å²) in [5.74, 6) is 1.30. The van der Waals surface area contributed by atoms with Gasteiger partial charge in [-0.3, -0.25) is 0 Å². The Labute approximate surface area is 124 Å². The van der Waals surface area contributed by atoms with Gasteiger partial charge in [0.1, 0.15) is 11.3 Å². The van der Waals surface area contributed by atoms with Gasteiger partial charge in [-0.1, -0.05) is 0 Å². The normalized spacial score (nSPS) is 18.7. The van der Waals surface area contributed by atoms with Crippen molar-refractivity contribution in [2.24, 2.45) is 7.05 Å². The van der Waals surface area contributed by atoms with Crippen LogP contribution in [0.1, 0.15) is 32.0 Å². The molecule has 2 aromatic rings. The Morgan fingerprint density at radius 3 is 3.00 bits per heavy atom. The third kappa shape index (κ3) is 2.57. The number of nitrogens with zero attached hydrogens (tertiary/aromatic N) is 4. The van der Waals surface area contributed by atoms with Gasteiger partial charge in [0.15, 0.2) is 5.65 Å². The van der Waals surface area contributed by atoms with Crippen LogP contribution in [0, 0.1) is 0 Å². The van der Waals surface area contributed by atoms with Crippen molar-refractivity contribution in [2.75, 3.05) is 13.1 Å². The van der Waals surface area contributed by atoms with Crippen LogP contribution in [0.3, 0.4) is 0 Å². The molecular weight excluding hydrogens is 266 g/mol. The summed E-state index contributed by atoms with van der Waals surface area (Å²) in [6, 6.07) is 4.06. The van der Waals surface area contributed by atoms with E-state index in [0.717, 1.165) is 36.5 Å². The highest BCUT2D eigenvalue weighted by molar-refractivity contribution is 5.75. The van der Waals surface area contributed by atoms with Crippen LogP contribution < -0.4 is 5.32 Å². The zero-order chi connectivity index (χ0) is 15.0. The molecule has 1 saturated heterocycles. The van der Waals surface area contributed by atoms with Gasteiger partial charge in [0.2, 0.25) is 0 Å². The van der Waals surface area contributed by atoms with E-state index in [1.807, 2.05) is 42.5 Å². The Bertz CT molecular complexity index is 663. The van der Waals surface area contributed by atoms with Gasteiger partial charge in [-0.15, -0.1) is 0 Å². The maximum Gasteiger partial charge on any atom is 0.317 e. The second-order valence-electron chi connectivity index (χ2n) is 5.91. The quantitative estimate of drug-likeness (QED) is 0.917. The van der Waals surface area contributed by atoms with Gasteiger partial charge in [-0.2, -0.15) is 0 Å². The molecule has 0 radical (unpaired) electrons. The predicted molar refractivity (Wildman–Crippen MR) is 81.1 cm³/mol. The highest BCUT2D eigenvalue weighted by Crippen LogP contribution is 2.28. The first-order chi connectivity index (χ1) is 10.1. The number of aromatic nitrogens is 3. The van der Waals surface area contributed by atoms with Gasteiger partial charge in [0, 0.05) is 38.3 Å². The second kappa shape index (κ2) is 5.35. The highest BCUT2D eigenvalue weighted by atomic mass is 16.2. The number of likely N-dealkylation sites (tertiary alicyclic amines) is 1. The molecule has 2 aromatic heterocycles. The van der Waals surface area contributed by atoms with Crippen molar-refractivity contribution in [1.82, 2.24) is 24.8 Å². The standard InChI is InChI=1S/C15H21N5O/c1-10(2)17-15(21)20-8-6-11(9-20)13-18-12-5-4-7-16-14(12)19(13)3/h4-5,7,10-11H,6,8-9H2,1-3H3,(H,17,21)/t11-/m1/s1. The van der Waals surface area contributed by atoms with E-state index >= 15 is 0 Å². The average molecular weight is 287 g/mol. The van der Waals surface area contributed by atoms with Crippen LogP contribution in [0.2, 0.25) is 0 Å². The van der Waals surface area contributed by atoms with Crippen molar-refractivity contribution in [3.8, 4) is 0 Å². The van der Waals surface area contributed by atoms with Gasteiger partial charge in [0.25, 0.3) is 0 Å². The molecule has 2 amide bonds. The van der Waals surface area contributed by atoms with Crippen LogP contribution >= 0.6 is 0 Å². The van der Waals surface area contributed by atoms with E-state index in [2.05, 4.69) is 10.3 Å². The van der Waals surface area contributed by atoms with E-state index in [9.17, 15) is 4.79 Å². The molecule has 6 nitrogen and oxygen atoms in total. The minimum atomic E-state index is 0.0180. The highest BCUT2D eigenvalue weighted by Gasteiger charge is 2.30. The molecule has 0 unspecified atom stereocenters. The fraction of sp³-hybridized carbons (Fsp3) is 0.533. The van der Waals surface area contributed by atoms with Crippen molar-refractivity contribution < 1.29 is 4.79 Å². The molecule has 3 rings (SSSR count). The monoisotopic (exact) mass is 287 g/mol. The molecule has 1 aliphatic rings. The van der Waals surface area contributed by atoms with Gasteiger partial charge in [0.05, 0.1) is 0 Å². The van der Waals surface area contributed by atoms with E-state index in [1.54, 1.807) is 6.20 Å². The molecule has 112 valence electrons. The number of hydrogen-bond acceptors (Lipinski definition) is 3. The Kier molecular flexibility index (Phi) is 3.53. The topological polar surface area (TPSA) is 63.1 Å². The summed E-state index contributed by atoms with van der Waals surface area (Å²) in [5, 5.41) is 2.95. The maximum atomic E-state index is 12.1. The average Bonchev–Trinajstić information content (AvgIpc) is 3.04. The van der Waals surface area contributed by atoms with Crippen LogP contribution in [-0.4, -0.2) is 44.6 Å². The van der Waals surface area contributed by atoms with Crippen LogP contribution in [-0.2, 0) is 7.05 Å². The number of imidazole rings is 1. The molecule has 1 fully saturated rings. The van der Waals surface area contributed by atoms with E-state index in [4.69, 9.17) is 4.98 Å². The lowest BCUT2D eigenvalue weighted by atomic mass is 10.1. The van der Waals surface area contributed by atoms with Gasteiger partial charge in [-0.05, 0) is 32.4 Å². The van der Waals surface area contributed by atoms with Crippen molar-refractivity contribution in [1.29, 1.82) is 0 Å². The van der Waals surface area contributed by atoms with Gasteiger partial charge < -0.3 is 14.8 Å². The summed E-state index contributed by atoms with van der Waals surface area (Å²) in [5.41, 5.74) is 1.82. The lowest BCUT2D eigenvalue weighted by molar-refractivity contribution is 0.205. The van der Waals surface area contributed by atoms with Crippen molar-refractivity contribution in [2.45, 2.75) is 32.2 Å². The summed E-state index contributed by atoms with van der Waals surface area (Å²) < 4.78 is 2.05. The third-order valence-electron chi connectivity index (χ3n) is 3.92. The number of pyridine rings is 1. The van der Waals surface area contributed by atoms with E-state index in [0.29, 0.717) is 0 Å². The number of carbonyl (C=O) groups is 1. The third-order valence-corrected chi connectivity index (χ3v) is 3.92. The molecule has 1 aliphatic heterocycles.